The Morgan fingerprint density at radius 3 is 2.71 bits per heavy atom. The van der Waals surface area contributed by atoms with Gasteiger partial charge in [0, 0.05) is 24.0 Å². The predicted molar refractivity (Wildman–Crippen MR) is 99.7 cm³/mol. The fourth-order valence-electron chi connectivity index (χ4n) is 3.77. The highest BCUT2D eigenvalue weighted by atomic mass is 19.1. The number of allylic oxidation sites excluding steroid dienone is 2. The number of hydrogen-bond acceptors (Lipinski definition) is 6. The summed E-state index contributed by atoms with van der Waals surface area (Å²) in [5.41, 5.74) is 6.04. The first-order chi connectivity index (χ1) is 13.2. The molecule has 0 saturated carbocycles. The Balaban J connectivity index is 2.24. The Bertz CT molecular complexity index is 900. The van der Waals surface area contributed by atoms with Crippen LogP contribution in [0.4, 0.5) is 4.39 Å². The molecule has 2 aliphatic rings. The van der Waals surface area contributed by atoms with Crippen molar-refractivity contribution in [2.24, 2.45) is 11.1 Å². The van der Waals surface area contributed by atoms with Gasteiger partial charge < -0.3 is 19.9 Å². The molecule has 2 N–H and O–H groups in total. The molecule has 1 aliphatic carbocycles. The first kappa shape index (κ1) is 19.9. The molecule has 0 spiro atoms. The second-order valence-corrected chi connectivity index (χ2v) is 7.70. The van der Waals surface area contributed by atoms with E-state index in [9.17, 15) is 14.0 Å². The zero-order valence-electron chi connectivity index (χ0n) is 16.4. The van der Waals surface area contributed by atoms with Gasteiger partial charge in [-0.3, -0.25) is 4.79 Å². The largest absolute Gasteiger partial charge is 0.497 e. The van der Waals surface area contributed by atoms with E-state index >= 15 is 0 Å². The third-order valence-corrected chi connectivity index (χ3v) is 4.96. The van der Waals surface area contributed by atoms with E-state index in [4.69, 9.17) is 19.9 Å². The molecule has 1 aliphatic heterocycles. The Morgan fingerprint density at radius 2 is 2.07 bits per heavy atom. The molecule has 3 rings (SSSR count). The molecule has 150 valence electrons. The number of Topliss-reactive ketones (excluding diaryl/α,β-unsaturated/α-hetero) is 1. The minimum absolute atomic E-state index is 0.0687. The van der Waals surface area contributed by atoms with Crippen LogP contribution in [-0.4, -0.2) is 25.5 Å². The van der Waals surface area contributed by atoms with Crippen LogP contribution in [0.25, 0.3) is 0 Å². The lowest BCUT2D eigenvalue weighted by Gasteiger charge is -2.38. The molecule has 1 heterocycles. The van der Waals surface area contributed by atoms with Crippen LogP contribution in [0.2, 0.25) is 0 Å². The molecule has 0 unspecified atom stereocenters. The molecule has 0 bridgehead atoms. The zero-order chi connectivity index (χ0) is 20.6. The summed E-state index contributed by atoms with van der Waals surface area (Å²) < 4.78 is 30.8. The molecule has 7 heteroatoms. The third kappa shape index (κ3) is 3.48. The fourth-order valence-corrected chi connectivity index (χ4v) is 3.77. The second kappa shape index (κ2) is 7.30. The van der Waals surface area contributed by atoms with Crippen LogP contribution in [0.3, 0.4) is 0 Å². The Labute approximate surface area is 163 Å². The van der Waals surface area contributed by atoms with E-state index in [2.05, 4.69) is 0 Å². The van der Waals surface area contributed by atoms with Gasteiger partial charge >= 0.3 is 5.97 Å². The van der Waals surface area contributed by atoms with Crippen molar-refractivity contribution in [3.63, 3.8) is 0 Å². The summed E-state index contributed by atoms with van der Waals surface area (Å²) >= 11 is 0. The van der Waals surface area contributed by atoms with E-state index in [1.54, 1.807) is 6.92 Å². The molecule has 1 aromatic carbocycles. The van der Waals surface area contributed by atoms with Crippen molar-refractivity contribution in [1.29, 1.82) is 0 Å². The quantitative estimate of drug-likeness (QED) is 0.795. The van der Waals surface area contributed by atoms with E-state index in [0.717, 1.165) is 0 Å². The molecule has 28 heavy (non-hydrogen) atoms. The number of ketones is 1. The third-order valence-electron chi connectivity index (χ3n) is 4.96. The van der Waals surface area contributed by atoms with Gasteiger partial charge in [0.2, 0.25) is 5.88 Å². The minimum atomic E-state index is -1.01. The van der Waals surface area contributed by atoms with Gasteiger partial charge in [0.15, 0.2) is 5.78 Å². The van der Waals surface area contributed by atoms with Gasteiger partial charge in [0.1, 0.15) is 22.9 Å². The van der Waals surface area contributed by atoms with Gasteiger partial charge in [-0.1, -0.05) is 13.8 Å². The molecule has 0 saturated heterocycles. The molecule has 0 radical (unpaired) electrons. The van der Waals surface area contributed by atoms with Crippen LogP contribution in [0.15, 0.2) is 41.0 Å². The monoisotopic (exact) mass is 389 g/mol. The van der Waals surface area contributed by atoms with E-state index in [1.807, 2.05) is 13.8 Å². The summed E-state index contributed by atoms with van der Waals surface area (Å²) in [5, 5.41) is 0. The van der Waals surface area contributed by atoms with Crippen molar-refractivity contribution in [2.45, 2.75) is 39.5 Å². The van der Waals surface area contributed by atoms with Crippen LogP contribution < -0.4 is 10.5 Å². The topological polar surface area (TPSA) is 87.9 Å². The number of nitrogens with two attached hydrogens (primary N) is 1. The van der Waals surface area contributed by atoms with Gasteiger partial charge in [-0.05, 0) is 30.5 Å². The SMILES string of the molecule is CCOC(=O)C1=C(N)OC2=C(C(=O)CC(C)(C)C2)[C@H]1c1cc(OC)ccc1F. The number of benzene rings is 1. The lowest BCUT2D eigenvalue weighted by atomic mass is 9.70. The smallest absolute Gasteiger partial charge is 0.340 e. The molecule has 1 aromatic rings. The van der Waals surface area contributed by atoms with Gasteiger partial charge in [0.25, 0.3) is 0 Å². The summed E-state index contributed by atoms with van der Waals surface area (Å²) in [6.07, 6.45) is 0.709. The zero-order valence-corrected chi connectivity index (χ0v) is 16.4. The van der Waals surface area contributed by atoms with Crippen molar-refractivity contribution >= 4 is 11.8 Å². The molecule has 0 amide bonds. The van der Waals surface area contributed by atoms with Crippen LogP contribution in [0.1, 0.15) is 45.1 Å². The summed E-state index contributed by atoms with van der Waals surface area (Å²) in [4.78, 5) is 25.7. The Kier molecular flexibility index (Phi) is 5.19. The van der Waals surface area contributed by atoms with Crippen molar-refractivity contribution in [2.75, 3.05) is 13.7 Å². The lowest BCUT2D eigenvalue weighted by molar-refractivity contribution is -0.139. The van der Waals surface area contributed by atoms with Crippen LogP contribution in [0.5, 0.6) is 5.75 Å². The number of hydrogen-bond donors (Lipinski definition) is 1. The average molecular weight is 389 g/mol. The number of ether oxygens (including phenoxy) is 3. The van der Waals surface area contributed by atoms with Crippen LogP contribution in [0, 0.1) is 11.2 Å². The summed E-state index contributed by atoms with van der Waals surface area (Å²) in [5.74, 6) is -1.93. The summed E-state index contributed by atoms with van der Waals surface area (Å²) in [6.45, 7) is 5.65. The lowest BCUT2D eigenvalue weighted by Crippen LogP contribution is -2.36. The van der Waals surface area contributed by atoms with E-state index in [0.29, 0.717) is 17.9 Å². The minimum Gasteiger partial charge on any atom is -0.497 e. The highest BCUT2D eigenvalue weighted by molar-refractivity contribution is 6.03. The average Bonchev–Trinajstić information content (AvgIpc) is 2.60. The van der Waals surface area contributed by atoms with Crippen molar-refractivity contribution < 1.29 is 28.2 Å². The second-order valence-electron chi connectivity index (χ2n) is 7.70. The van der Waals surface area contributed by atoms with Crippen LogP contribution in [-0.2, 0) is 19.1 Å². The number of esters is 1. The molecule has 0 aromatic heterocycles. The molecular weight excluding hydrogens is 365 g/mol. The first-order valence-electron chi connectivity index (χ1n) is 9.12. The van der Waals surface area contributed by atoms with Crippen molar-refractivity contribution in [3.8, 4) is 5.75 Å². The number of carbonyl (C=O) groups excluding carboxylic acids is 2. The predicted octanol–water partition coefficient (Wildman–Crippen LogP) is 3.32. The summed E-state index contributed by atoms with van der Waals surface area (Å²) in [7, 11) is 1.45. The maximum absolute atomic E-state index is 14.8. The van der Waals surface area contributed by atoms with Gasteiger partial charge in [-0.15, -0.1) is 0 Å². The number of rotatable bonds is 4. The van der Waals surface area contributed by atoms with E-state index in [-0.39, 0.29) is 46.8 Å². The highest BCUT2D eigenvalue weighted by Gasteiger charge is 2.45. The fraction of sp³-hybridized carbons (Fsp3) is 0.429. The molecule has 0 fully saturated rings. The molecule has 1 atom stereocenters. The molecule has 6 nitrogen and oxygen atoms in total. The van der Waals surface area contributed by atoms with Crippen molar-refractivity contribution in [3.05, 3.63) is 52.4 Å². The highest BCUT2D eigenvalue weighted by Crippen LogP contribution is 2.49. The Morgan fingerprint density at radius 1 is 1.36 bits per heavy atom. The number of halogens is 1. The van der Waals surface area contributed by atoms with Crippen LogP contribution >= 0.6 is 0 Å². The van der Waals surface area contributed by atoms with Gasteiger partial charge in [-0.2, -0.15) is 0 Å². The maximum Gasteiger partial charge on any atom is 0.340 e. The molecular formula is C21H24FNO5. The van der Waals surface area contributed by atoms with E-state index in [1.165, 1.54) is 25.3 Å². The number of carbonyl (C=O) groups is 2. The van der Waals surface area contributed by atoms with Gasteiger partial charge in [-0.25, -0.2) is 9.18 Å². The standard InChI is InChI=1S/C21H24FNO5/c1-5-27-20(25)18-16(12-8-11(26-4)6-7-13(12)22)17-14(24)9-21(2,3)10-15(17)28-19(18)23/h6-8,16H,5,9-10,23H2,1-4H3/t16-/m1/s1. The maximum atomic E-state index is 14.8. The van der Waals surface area contributed by atoms with Crippen molar-refractivity contribution in [1.82, 2.24) is 0 Å². The first-order valence-corrected chi connectivity index (χ1v) is 9.12. The number of methoxy groups -OCH3 is 1. The van der Waals surface area contributed by atoms with Gasteiger partial charge in [0.05, 0.1) is 19.6 Å². The Hall–Kier alpha value is -2.83. The summed E-state index contributed by atoms with van der Waals surface area (Å²) in [6, 6.07) is 4.17. The van der Waals surface area contributed by atoms with E-state index < -0.39 is 17.7 Å². The normalized spacial score (nSPS) is 21.2.